The van der Waals surface area contributed by atoms with Gasteiger partial charge in [-0.05, 0) is 38.3 Å². The summed E-state index contributed by atoms with van der Waals surface area (Å²) in [5.41, 5.74) is 1.07. The molecule has 1 aromatic carbocycles. The van der Waals surface area contributed by atoms with E-state index in [1.807, 2.05) is 10.6 Å². The van der Waals surface area contributed by atoms with Crippen LogP contribution in [-0.2, 0) is 6.54 Å². The zero-order valence-electron chi connectivity index (χ0n) is 12.5. The summed E-state index contributed by atoms with van der Waals surface area (Å²) in [6.07, 6.45) is 7.62. The first-order chi connectivity index (χ1) is 10.8. The molecule has 0 saturated carbocycles. The number of benzene rings is 1. The van der Waals surface area contributed by atoms with Gasteiger partial charge >= 0.3 is 0 Å². The molecule has 1 aliphatic rings. The quantitative estimate of drug-likeness (QED) is 0.834. The lowest BCUT2D eigenvalue weighted by molar-refractivity contribution is 0.313. The fourth-order valence-electron chi connectivity index (χ4n) is 2.79. The van der Waals surface area contributed by atoms with Gasteiger partial charge in [-0.3, -0.25) is 0 Å². The van der Waals surface area contributed by atoms with Crippen LogP contribution in [0.25, 0.3) is 0 Å². The number of hydrogen-bond acceptors (Lipinski definition) is 4. The summed E-state index contributed by atoms with van der Waals surface area (Å²) in [6, 6.07) is 5.08. The Morgan fingerprint density at radius 3 is 3.00 bits per heavy atom. The van der Waals surface area contributed by atoms with Crippen LogP contribution in [0.5, 0.6) is 5.75 Å². The van der Waals surface area contributed by atoms with Crippen molar-refractivity contribution in [2.24, 2.45) is 0 Å². The topological polar surface area (TPSA) is 52.0 Å². The maximum Gasteiger partial charge on any atom is 0.126 e. The van der Waals surface area contributed by atoms with Crippen LogP contribution < -0.4 is 10.1 Å². The number of hydrogen-bond donors (Lipinski definition) is 1. The average molecular weight is 304 g/mol. The number of halogens is 1. The molecule has 5 nitrogen and oxygen atoms in total. The van der Waals surface area contributed by atoms with Crippen molar-refractivity contribution in [3.63, 3.8) is 0 Å². The molecular weight excluding hydrogens is 283 g/mol. The second-order valence-electron chi connectivity index (χ2n) is 5.59. The number of unbranched alkanes of at least 4 members (excludes halogenated alkanes) is 1. The van der Waals surface area contributed by atoms with Crippen molar-refractivity contribution in [3.05, 3.63) is 42.2 Å². The average Bonchev–Trinajstić information content (AvgIpc) is 2.95. The Bertz CT molecular complexity index is 588. The van der Waals surface area contributed by atoms with Gasteiger partial charge in [-0.2, -0.15) is 0 Å². The molecule has 2 aromatic rings. The monoisotopic (exact) mass is 304 g/mol. The van der Waals surface area contributed by atoms with Crippen LogP contribution in [0.15, 0.2) is 30.9 Å². The summed E-state index contributed by atoms with van der Waals surface area (Å²) in [7, 11) is 0. The highest BCUT2D eigenvalue weighted by Crippen LogP contribution is 2.31. The summed E-state index contributed by atoms with van der Waals surface area (Å²) in [5.74, 6) is 0.438. The second kappa shape index (κ2) is 7.35. The molecule has 0 fully saturated rings. The highest BCUT2D eigenvalue weighted by atomic mass is 19.1. The van der Waals surface area contributed by atoms with Crippen molar-refractivity contribution in [2.75, 3.05) is 13.2 Å². The molecule has 0 spiro atoms. The summed E-state index contributed by atoms with van der Waals surface area (Å²) < 4.78 is 21.0. The van der Waals surface area contributed by atoms with Crippen molar-refractivity contribution in [1.82, 2.24) is 20.1 Å². The summed E-state index contributed by atoms with van der Waals surface area (Å²) in [4.78, 5) is 0. The van der Waals surface area contributed by atoms with Crippen LogP contribution in [0.1, 0.15) is 37.3 Å². The maximum absolute atomic E-state index is 13.3. The predicted octanol–water partition coefficient (Wildman–Crippen LogP) is 2.70. The molecule has 3 rings (SSSR count). The lowest BCUT2D eigenvalue weighted by atomic mass is 10.0. The van der Waals surface area contributed by atoms with E-state index in [9.17, 15) is 4.39 Å². The number of aryl methyl sites for hydroxylation is 1. The maximum atomic E-state index is 13.3. The van der Waals surface area contributed by atoms with Crippen molar-refractivity contribution >= 4 is 0 Å². The first-order valence-electron chi connectivity index (χ1n) is 7.81. The van der Waals surface area contributed by atoms with Crippen LogP contribution in [0, 0.1) is 5.82 Å². The third-order valence-electron chi connectivity index (χ3n) is 3.95. The van der Waals surface area contributed by atoms with E-state index in [0.717, 1.165) is 44.3 Å². The first kappa shape index (κ1) is 15.0. The van der Waals surface area contributed by atoms with E-state index in [-0.39, 0.29) is 11.9 Å². The fourth-order valence-corrected chi connectivity index (χ4v) is 2.79. The van der Waals surface area contributed by atoms with Crippen molar-refractivity contribution in [2.45, 2.75) is 38.3 Å². The minimum Gasteiger partial charge on any atom is -0.493 e. The third kappa shape index (κ3) is 3.82. The standard InChI is InChI=1S/C16H21FN4O/c17-13-5-6-14-15(4-3-9-22-16(14)10-13)18-7-1-2-8-21-11-19-20-12-21/h5-6,10-12,15,18H,1-4,7-9H2. The largest absolute Gasteiger partial charge is 0.493 e. The zero-order chi connectivity index (χ0) is 15.2. The van der Waals surface area contributed by atoms with Gasteiger partial charge in [-0.1, -0.05) is 6.07 Å². The fraction of sp³-hybridized carbons (Fsp3) is 0.500. The molecule has 0 saturated heterocycles. The van der Waals surface area contributed by atoms with Gasteiger partial charge in [0.25, 0.3) is 0 Å². The van der Waals surface area contributed by atoms with E-state index in [1.165, 1.54) is 12.1 Å². The summed E-state index contributed by atoms with van der Waals surface area (Å²) in [5, 5.41) is 11.2. The Hall–Kier alpha value is -1.95. The molecule has 1 aliphatic heterocycles. The van der Waals surface area contributed by atoms with E-state index >= 15 is 0 Å². The Kier molecular flexibility index (Phi) is 5.00. The summed E-state index contributed by atoms with van der Waals surface area (Å²) >= 11 is 0. The number of aromatic nitrogens is 3. The Morgan fingerprint density at radius 1 is 1.27 bits per heavy atom. The highest BCUT2D eigenvalue weighted by molar-refractivity contribution is 5.37. The van der Waals surface area contributed by atoms with Crippen molar-refractivity contribution in [1.29, 1.82) is 0 Å². The van der Waals surface area contributed by atoms with Gasteiger partial charge < -0.3 is 14.6 Å². The molecule has 1 aromatic heterocycles. The predicted molar refractivity (Wildman–Crippen MR) is 81.1 cm³/mol. The first-order valence-corrected chi connectivity index (χ1v) is 7.81. The second-order valence-corrected chi connectivity index (χ2v) is 5.59. The van der Waals surface area contributed by atoms with Crippen molar-refractivity contribution < 1.29 is 9.13 Å². The third-order valence-corrected chi connectivity index (χ3v) is 3.95. The van der Waals surface area contributed by atoms with Crippen LogP contribution in [0.4, 0.5) is 4.39 Å². The van der Waals surface area contributed by atoms with E-state index in [4.69, 9.17) is 4.74 Å². The molecule has 6 heteroatoms. The molecule has 0 radical (unpaired) electrons. The van der Waals surface area contributed by atoms with Gasteiger partial charge in [0.1, 0.15) is 24.2 Å². The van der Waals surface area contributed by atoms with Crippen molar-refractivity contribution in [3.8, 4) is 5.75 Å². The molecule has 2 heterocycles. The zero-order valence-corrected chi connectivity index (χ0v) is 12.5. The number of fused-ring (bicyclic) bond motifs is 1. The normalized spacial score (nSPS) is 17.6. The van der Waals surface area contributed by atoms with E-state index in [2.05, 4.69) is 15.5 Å². The van der Waals surface area contributed by atoms with Gasteiger partial charge in [-0.25, -0.2) is 4.39 Å². The highest BCUT2D eigenvalue weighted by Gasteiger charge is 2.19. The minimum atomic E-state index is -0.242. The lowest BCUT2D eigenvalue weighted by Crippen LogP contribution is -2.22. The Balaban J connectivity index is 1.50. The molecular formula is C16H21FN4O. The van der Waals surface area contributed by atoms with Crippen LogP contribution in [0.2, 0.25) is 0 Å². The number of ether oxygens (including phenoxy) is 1. The molecule has 0 aliphatic carbocycles. The molecule has 0 amide bonds. The minimum absolute atomic E-state index is 0.242. The molecule has 118 valence electrons. The van der Waals surface area contributed by atoms with E-state index in [1.54, 1.807) is 12.7 Å². The Labute approximate surface area is 129 Å². The van der Waals surface area contributed by atoms with Gasteiger partial charge in [0.2, 0.25) is 0 Å². The molecule has 1 atom stereocenters. The number of rotatable bonds is 6. The van der Waals surface area contributed by atoms with E-state index < -0.39 is 0 Å². The SMILES string of the molecule is Fc1ccc2c(c1)OCCCC2NCCCCn1cnnc1. The summed E-state index contributed by atoms with van der Waals surface area (Å²) in [6.45, 7) is 2.52. The molecule has 0 bridgehead atoms. The lowest BCUT2D eigenvalue weighted by Gasteiger charge is -2.18. The Morgan fingerprint density at radius 2 is 2.14 bits per heavy atom. The smallest absolute Gasteiger partial charge is 0.126 e. The van der Waals surface area contributed by atoms with Gasteiger partial charge in [-0.15, -0.1) is 10.2 Å². The van der Waals surface area contributed by atoms with Gasteiger partial charge in [0.05, 0.1) is 6.61 Å². The van der Waals surface area contributed by atoms with Gasteiger partial charge in [0.15, 0.2) is 0 Å². The molecule has 22 heavy (non-hydrogen) atoms. The number of nitrogens with one attached hydrogen (secondary N) is 1. The number of nitrogens with zero attached hydrogens (tertiary/aromatic N) is 3. The molecule has 1 N–H and O–H groups in total. The van der Waals surface area contributed by atoms with E-state index in [0.29, 0.717) is 12.4 Å². The van der Waals surface area contributed by atoms with Crippen LogP contribution in [0.3, 0.4) is 0 Å². The van der Waals surface area contributed by atoms with Gasteiger partial charge in [0, 0.05) is 24.2 Å². The van der Waals surface area contributed by atoms with Crippen LogP contribution in [-0.4, -0.2) is 27.9 Å². The van der Waals surface area contributed by atoms with Crippen LogP contribution >= 0.6 is 0 Å². The molecule has 1 unspecified atom stereocenters.